The minimum absolute atomic E-state index is 0.00343. The molecule has 1 aliphatic rings. The maximum atomic E-state index is 13.3. The molecule has 0 saturated carbocycles. The highest BCUT2D eigenvalue weighted by atomic mass is 35.5. The van der Waals surface area contributed by atoms with E-state index < -0.39 is 37.3 Å². The quantitative estimate of drug-likeness (QED) is 0.0768. The maximum Gasteiger partial charge on any atom is 0.326 e. The number of hydroxylamine groups is 2. The van der Waals surface area contributed by atoms with Gasteiger partial charge in [0.15, 0.2) is 5.76 Å². The minimum atomic E-state index is -4.06. The first-order chi connectivity index (χ1) is 22.0. The van der Waals surface area contributed by atoms with Crippen LogP contribution in [0.4, 0.5) is 0 Å². The highest BCUT2D eigenvalue weighted by Crippen LogP contribution is 2.48. The lowest BCUT2D eigenvalue weighted by Crippen LogP contribution is -2.48. The summed E-state index contributed by atoms with van der Waals surface area (Å²) < 4.78 is 37.7. The Morgan fingerprint density at radius 3 is 2.54 bits per heavy atom. The Balaban J connectivity index is 1.21. The first-order valence-electron chi connectivity index (χ1n) is 14.3. The number of carbonyl (C=O) groups excluding carboxylic acids is 2. The molecule has 2 N–H and O–H groups in total. The van der Waals surface area contributed by atoms with Crippen LogP contribution in [-0.2, 0) is 26.0 Å². The van der Waals surface area contributed by atoms with E-state index in [1.54, 1.807) is 42.6 Å². The number of sulfonamides is 1. The number of unbranched alkanes of at least 4 members (excludes halogenated alkanes) is 1. The van der Waals surface area contributed by atoms with Gasteiger partial charge in [-0.15, -0.1) is 0 Å². The smallest absolute Gasteiger partial charge is 0.326 e. The van der Waals surface area contributed by atoms with E-state index in [-0.39, 0.29) is 29.3 Å². The van der Waals surface area contributed by atoms with Crippen LogP contribution in [0.3, 0.4) is 0 Å². The first-order valence-corrected chi connectivity index (χ1v) is 17.0. The second-order valence-corrected chi connectivity index (χ2v) is 13.8. The molecule has 1 saturated heterocycles. The third kappa shape index (κ3) is 8.33. The molecule has 2 atom stereocenters. The fraction of sp³-hybridized carbons (Fsp3) is 0.258. The summed E-state index contributed by atoms with van der Waals surface area (Å²) in [6.07, 6.45) is 2.43. The van der Waals surface area contributed by atoms with Crippen molar-refractivity contribution in [2.24, 2.45) is 0 Å². The zero-order valence-corrected chi connectivity index (χ0v) is 26.7. The Morgan fingerprint density at radius 1 is 1.09 bits per heavy atom. The number of hydrogen-bond donors (Lipinski definition) is 2. The number of halogens is 1. The molecule has 0 spiro atoms. The van der Waals surface area contributed by atoms with Crippen LogP contribution in [0.25, 0.3) is 11.3 Å². The van der Waals surface area contributed by atoms with Crippen LogP contribution in [0.15, 0.2) is 94.5 Å². The lowest BCUT2D eigenvalue weighted by Gasteiger charge is -2.36. The van der Waals surface area contributed by atoms with Gasteiger partial charge >= 0.3 is 5.91 Å². The van der Waals surface area contributed by atoms with Gasteiger partial charge in [0, 0.05) is 17.6 Å². The average molecular weight is 686 g/mol. The standard InChI is InChI=1S/C31H30ClN4O8S2/c32-25-18-21(12-13-23(25)29-20-30(37)36(39,40)45-29)19-26(35-46(41,42)22-8-2-1-3-9-22)31(38)33-15-6-7-17-43-27-11-5-4-10-24(27)28-14-16-34-44-28/h1-5,8-14,16,18,26,29,35H,6-7,15,17,19-20H2,(H,33,38)/q-1. The third-order valence-electron chi connectivity index (χ3n) is 7.17. The van der Waals surface area contributed by atoms with Crippen molar-refractivity contribution in [1.82, 2.24) is 15.2 Å². The first kappa shape index (κ1) is 33.6. The van der Waals surface area contributed by atoms with Gasteiger partial charge in [0.05, 0.1) is 46.9 Å². The molecule has 1 aliphatic heterocycles. The Labute approximate surface area is 275 Å². The molecule has 5 rings (SSSR count). The van der Waals surface area contributed by atoms with Crippen LogP contribution in [0, 0.1) is 10.4 Å². The molecule has 15 heteroatoms. The summed E-state index contributed by atoms with van der Waals surface area (Å²) in [7, 11) is -4.06. The van der Waals surface area contributed by atoms with E-state index in [1.807, 2.05) is 24.3 Å². The summed E-state index contributed by atoms with van der Waals surface area (Å²) in [5.41, 5.74) is 1.74. The zero-order valence-electron chi connectivity index (χ0n) is 24.3. The number of hydrogen-bond acceptors (Lipinski definition) is 10. The molecule has 0 bridgehead atoms. The Morgan fingerprint density at radius 2 is 1.85 bits per heavy atom. The summed E-state index contributed by atoms with van der Waals surface area (Å²) >= 11 is 6.87. The van der Waals surface area contributed by atoms with Gasteiger partial charge in [0.25, 0.3) is 0 Å². The Bertz CT molecular complexity index is 1770. The van der Waals surface area contributed by atoms with Gasteiger partial charge in [-0.25, -0.2) is 13.2 Å². The highest BCUT2D eigenvalue weighted by molar-refractivity contribution is 7.94. The van der Waals surface area contributed by atoms with Crippen LogP contribution >= 0.6 is 23.5 Å². The Kier molecular flexibility index (Phi) is 10.8. The van der Waals surface area contributed by atoms with Gasteiger partial charge in [0.1, 0.15) is 11.8 Å². The predicted molar refractivity (Wildman–Crippen MR) is 172 cm³/mol. The van der Waals surface area contributed by atoms with E-state index >= 15 is 0 Å². The van der Waals surface area contributed by atoms with Crippen LogP contribution in [0.2, 0.25) is 5.02 Å². The molecule has 0 aliphatic carbocycles. The molecule has 2 heterocycles. The van der Waals surface area contributed by atoms with E-state index in [0.29, 0.717) is 54.0 Å². The van der Waals surface area contributed by atoms with Crippen LogP contribution in [0.5, 0.6) is 5.75 Å². The van der Waals surface area contributed by atoms with Gasteiger partial charge < -0.3 is 25.0 Å². The number of benzene rings is 3. The normalized spacial score (nSPS) is 16.7. The molecular weight excluding hydrogens is 656 g/mol. The van der Waals surface area contributed by atoms with E-state index in [1.165, 1.54) is 18.2 Å². The lowest BCUT2D eigenvalue weighted by atomic mass is 10.0. The van der Waals surface area contributed by atoms with Crippen LogP contribution < -0.4 is 14.8 Å². The van der Waals surface area contributed by atoms with E-state index in [9.17, 15) is 28.4 Å². The van der Waals surface area contributed by atoms with Crippen molar-refractivity contribution in [3.05, 3.63) is 112 Å². The molecule has 2 amide bonds. The van der Waals surface area contributed by atoms with Gasteiger partial charge in [0.2, 0.25) is 15.9 Å². The Hall–Kier alpha value is -3.76. The van der Waals surface area contributed by atoms with Gasteiger partial charge in [-0.1, -0.05) is 59.2 Å². The lowest BCUT2D eigenvalue weighted by molar-refractivity contribution is -0.593. The molecule has 1 fully saturated rings. The summed E-state index contributed by atoms with van der Waals surface area (Å²) in [5.74, 6) is -0.305. The largest absolute Gasteiger partial charge is 0.612 e. The fourth-order valence-corrected chi connectivity index (χ4v) is 7.51. The number of nitrogens with zero attached hydrogens (tertiary/aromatic N) is 2. The van der Waals surface area contributed by atoms with Gasteiger partial charge in [-0.05, 0) is 60.7 Å². The SMILES string of the molecule is O=C(NCCCCOc1ccccc1-c1ccno1)C(Cc1ccc(C2CC(=O)[N+]([O-])([O-])S2)c(Cl)c1)NS(=O)(=O)c1ccccc1. The number of aromatic nitrogens is 1. The second-order valence-electron chi connectivity index (χ2n) is 10.5. The average Bonchev–Trinajstić information content (AvgIpc) is 3.66. The number of ether oxygens (including phenoxy) is 1. The minimum Gasteiger partial charge on any atom is -0.612 e. The summed E-state index contributed by atoms with van der Waals surface area (Å²) in [6, 6.07) is 20.4. The molecular formula is C31H30ClN4O8S2-. The summed E-state index contributed by atoms with van der Waals surface area (Å²) in [5, 5.41) is 29.6. The van der Waals surface area contributed by atoms with Crippen molar-refractivity contribution >= 4 is 45.4 Å². The van der Waals surface area contributed by atoms with E-state index in [0.717, 1.165) is 5.56 Å². The molecule has 0 radical (unpaired) electrons. The number of carbonyl (C=O) groups is 2. The summed E-state index contributed by atoms with van der Waals surface area (Å²) in [6.45, 7) is 0.645. The van der Waals surface area contributed by atoms with Gasteiger partial charge in [-0.3, -0.25) is 9.01 Å². The second kappa shape index (κ2) is 14.8. The number of amides is 2. The molecule has 12 nitrogen and oxygen atoms in total. The fourth-order valence-electron chi connectivity index (χ4n) is 4.83. The van der Waals surface area contributed by atoms with E-state index in [2.05, 4.69) is 15.2 Å². The molecule has 1 aromatic heterocycles. The van der Waals surface area contributed by atoms with Crippen LogP contribution in [-0.4, -0.2) is 48.8 Å². The monoisotopic (exact) mass is 685 g/mol. The van der Waals surface area contributed by atoms with Crippen molar-refractivity contribution in [3.8, 4) is 17.1 Å². The van der Waals surface area contributed by atoms with Crippen molar-refractivity contribution in [3.63, 3.8) is 0 Å². The van der Waals surface area contributed by atoms with Crippen molar-refractivity contribution in [2.75, 3.05) is 13.2 Å². The molecule has 242 valence electrons. The zero-order chi connectivity index (χ0) is 32.7. The molecule has 46 heavy (non-hydrogen) atoms. The number of nitrogens with one attached hydrogen (secondary N) is 2. The molecule has 3 aromatic carbocycles. The van der Waals surface area contributed by atoms with Crippen molar-refractivity contribution < 1.29 is 31.5 Å². The van der Waals surface area contributed by atoms with Crippen LogP contribution in [0.1, 0.15) is 35.6 Å². The number of rotatable bonds is 14. The van der Waals surface area contributed by atoms with Crippen molar-refractivity contribution in [2.45, 2.75) is 41.9 Å². The van der Waals surface area contributed by atoms with E-state index in [4.69, 9.17) is 20.9 Å². The summed E-state index contributed by atoms with van der Waals surface area (Å²) in [4.78, 5) is 25.1. The predicted octanol–water partition coefficient (Wildman–Crippen LogP) is 5.29. The maximum absolute atomic E-state index is 13.3. The van der Waals surface area contributed by atoms with Gasteiger partial charge in [-0.2, -0.15) is 4.72 Å². The number of quaternary nitrogens is 1. The molecule has 4 aromatic rings. The third-order valence-corrected chi connectivity index (χ3v) is 10.1. The molecule has 2 unspecified atom stereocenters. The van der Waals surface area contributed by atoms with Crippen molar-refractivity contribution in [1.29, 1.82) is 0 Å². The topological polar surface area (TPSA) is 174 Å². The highest BCUT2D eigenvalue weighted by Gasteiger charge is 2.39. The number of para-hydroxylation sites is 1.